The molecule has 0 spiro atoms. The van der Waals surface area contributed by atoms with Gasteiger partial charge in [-0.3, -0.25) is 0 Å². The van der Waals surface area contributed by atoms with Crippen LogP contribution in [-0.4, -0.2) is 19.9 Å². The van der Waals surface area contributed by atoms with Gasteiger partial charge in [0.2, 0.25) is 5.89 Å². The van der Waals surface area contributed by atoms with Gasteiger partial charge in [0.1, 0.15) is 16.7 Å². The van der Waals surface area contributed by atoms with Gasteiger partial charge in [0.15, 0.2) is 23.1 Å². The zero-order valence-electron chi connectivity index (χ0n) is 31.1. The Kier molecular flexibility index (Phi) is 8.04. The molecule has 0 saturated heterocycles. The largest absolute Gasteiger partial charge is 0.456 e. The molecular weight excluding hydrogens is 713 g/mol. The molecule has 0 radical (unpaired) electrons. The van der Waals surface area contributed by atoms with Gasteiger partial charge in [-0.05, 0) is 75.8 Å². The fourth-order valence-corrected chi connectivity index (χ4v) is 7.77. The first-order valence-corrected chi connectivity index (χ1v) is 19.2. The van der Waals surface area contributed by atoms with Gasteiger partial charge < -0.3 is 8.83 Å². The summed E-state index contributed by atoms with van der Waals surface area (Å²) in [6, 6.07) is 65.9. The summed E-state index contributed by atoms with van der Waals surface area (Å²) in [7, 11) is 0. The van der Waals surface area contributed by atoms with Gasteiger partial charge in [0, 0.05) is 33.0 Å². The van der Waals surface area contributed by atoms with Crippen LogP contribution in [0.5, 0.6) is 0 Å². The van der Waals surface area contributed by atoms with E-state index in [2.05, 4.69) is 97.1 Å². The van der Waals surface area contributed by atoms with Gasteiger partial charge in [0.05, 0.1) is 0 Å². The third kappa shape index (κ3) is 6.01. The highest BCUT2D eigenvalue weighted by atomic mass is 16.3. The summed E-state index contributed by atoms with van der Waals surface area (Å²) >= 11 is 0. The van der Waals surface area contributed by atoms with E-state index in [0.717, 1.165) is 72.0 Å². The molecule has 3 aromatic heterocycles. The Labute approximate surface area is 333 Å². The van der Waals surface area contributed by atoms with Crippen LogP contribution in [0.1, 0.15) is 0 Å². The van der Waals surface area contributed by atoms with Crippen molar-refractivity contribution in [2.45, 2.75) is 0 Å². The predicted molar refractivity (Wildman–Crippen MR) is 233 cm³/mol. The van der Waals surface area contributed by atoms with Crippen LogP contribution in [0.2, 0.25) is 0 Å². The maximum atomic E-state index is 6.48. The molecular formula is C52H32N4O2. The van der Waals surface area contributed by atoms with E-state index < -0.39 is 0 Å². The molecule has 11 aromatic rings. The van der Waals surface area contributed by atoms with E-state index in [0.29, 0.717) is 28.9 Å². The summed E-state index contributed by atoms with van der Waals surface area (Å²) in [4.78, 5) is 19.9. The molecule has 272 valence electrons. The summed E-state index contributed by atoms with van der Waals surface area (Å²) in [5, 5.41) is 1.91. The number of aromatic nitrogens is 4. The Morgan fingerprint density at radius 1 is 0.293 bits per heavy atom. The fraction of sp³-hybridized carbons (Fsp3) is 0. The highest BCUT2D eigenvalue weighted by molar-refractivity contribution is 6.13. The Balaban J connectivity index is 0.983. The molecule has 0 fully saturated rings. The van der Waals surface area contributed by atoms with E-state index in [1.165, 1.54) is 11.1 Å². The lowest BCUT2D eigenvalue weighted by molar-refractivity contribution is 0.620. The second kappa shape index (κ2) is 14.0. The first kappa shape index (κ1) is 33.4. The lowest BCUT2D eigenvalue weighted by atomic mass is 9.94. The average Bonchev–Trinajstić information content (AvgIpc) is 3.91. The van der Waals surface area contributed by atoms with Crippen LogP contribution >= 0.6 is 0 Å². The maximum Gasteiger partial charge on any atom is 0.227 e. The van der Waals surface area contributed by atoms with Gasteiger partial charge in [-0.25, -0.2) is 19.9 Å². The Bertz CT molecular complexity index is 3220. The molecule has 0 aliphatic rings. The molecule has 58 heavy (non-hydrogen) atoms. The molecule has 0 amide bonds. The summed E-state index contributed by atoms with van der Waals surface area (Å²) in [6.07, 6.45) is 0. The fourth-order valence-electron chi connectivity index (χ4n) is 7.77. The lowest BCUT2D eigenvalue weighted by Crippen LogP contribution is -2.00. The highest BCUT2D eigenvalue weighted by Crippen LogP contribution is 2.40. The van der Waals surface area contributed by atoms with Gasteiger partial charge in [0.25, 0.3) is 0 Å². The minimum Gasteiger partial charge on any atom is -0.456 e. The lowest BCUT2D eigenvalue weighted by Gasteiger charge is -2.11. The molecule has 0 saturated carbocycles. The molecule has 0 atom stereocenters. The molecule has 0 unspecified atom stereocenters. The Morgan fingerprint density at radius 2 is 0.845 bits per heavy atom. The van der Waals surface area contributed by atoms with Crippen LogP contribution in [0.4, 0.5) is 0 Å². The van der Waals surface area contributed by atoms with E-state index in [4.69, 9.17) is 28.8 Å². The van der Waals surface area contributed by atoms with Gasteiger partial charge in [-0.15, -0.1) is 0 Å². The van der Waals surface area contributed by atoms with Crippen molar-refractivity contribution in [1.29, 1.82) is 0 Å². The molecule has 0 bridgehead atoms. The zero-order chi connectivity index (χ0) is 38.4. The van der Waals surface area contributed by atoms with E-state index in [-0.39, 0.29) is 0 Å². The van der Waals surface area contributed by atoms with E-state index in [1.807, 2.05) is 97.1 Å². The zero-order valence-corrected chi connectivity index (χ0v) is 31.1. The number of furan rings is 1. The second-order valence-electron chi connectivity index (χ2n) is 14.2. The number of nitrogens with zero attached hydrogens (tertiary/aromatic N) is 4. The summed E-state index contributed by atoms with van der Waals surface area (Å²) in [6.45, 7) is 0. The van der Waals surface area contributed by atoms with Crippen LogP contribution in [0.3, 0.4) is 0 Å². The van der Waals surface area contributed by atoms with E-state index in [9.17, 15) is 0 Å². The highest BCUT2D eigenvalue weighted by Gasteiger charge is 2.19. The number of rotatable bonds is 7. The number of oxazole rings is 1. The van der Waals surface area contributed by atoms with Crippen LogP contribution in [0.25, 0.3) is 112 Å². The summed E-state index contributed by atoms with van der Waals surface area (Å²) < 4.78 is 12.9. The van der Waals surface area contributed by atoms with Gasteiger partial charge in [-0.1, -0.05) is 152 Å². The number of benzene rings is 8. The number of fused-ring (bicyclic) bond motifs is 4. The van der Waals surface area contributed by atoms with Crippen molar-refractivity contribution in [1.82, 2.24) is 19.9 Å². The summed E-state index contributed by atoms with van der Waals surface area (Å²) in [5.74, 6) is 2.38. The first-order chi connectivity index (χ1) is 28.7. The smallest absolute Gasteiger partial charge is 0.227 e. The van der Waals surface area contributed by atoms with Crippen molar-refractivity contribution < 1.29 is 8.83 Å². The van der Waals surface area contributed by atoms with E-state index >= 15 is 0 Å². The molecule has 0 aliphatic carbocycles. The van der Waals surface area contributed by atoms with Crippen molar-refractivity contribution in [3.63, 3.8) is 0 Å². The third-order valence-electron chi connectivity index (χ3n) is 10.6. The molecule has 3 heterocycles. The van der Waals surface area contributed by atoms with Crippen molar-refractivity contribution in [3.05, 3.63) is 194 Å². The van der Waals surface area contributed by atoms with Crippen molar-refractivity contribution in [2.24, 2.45) is 0 Å². The minimum atomic E-state index is 0.578. The minimum absolute atomic E-state index is 0.578. The summed E-state index contributed by atoms with van der Waals surface area (Å²) in [5.41, 5.74) is 13.3. The standard InChI is InChI=1S/C52H32N4O2/c1-4-14-33(15-5-1)40-22-10-11-23-41(40)38-20-12-21-39(30-38)52-53-44-28-26-37(32-47(44)58-52)36-27-29-45-43(31-36)48-42(24-13-25-46(48)57-45)51-55-49(34-16-6-2-7-17-34)54-50(56-51)35-18-8-3-9-19-35/h1-32H. The molecule has 8 aromatic carbocycles. The van der Waals surface area contributed by atoms with Crippen LogP contribution in [-0.2, 0) is 0 Å². The monoisotopic (exact) mass is 744 g/mol. The number of hydrogen-bond acceptors (Lipinski definition) is 6. The third-order valence-corrected chi connectivity index (χ3v) is 10.6. The molecule has 11 rings (SSSR count). The Morgan fingerprint density at radius 3 is 1.57 bits per heavy atom. The van der Waals surface area contributed by atoms with Crippen LogP contribution < -0.4 is 0 Å². The van der Waals surface area contributed by atoms with Crippen molar-refractivity contribution in [3.8, 4) is 79.0 Å². The van der Waals surface area contributed by atoms with Gasteiger partial charge in [-0.2, -0.15) is 0 Å². The van der Waals surface area contributed by atoms with Gasteiger partial charge >= 0.3 is 0 Å². The van der Waals surface area contributed by atoms with Crippen LogP contribution in [0, 0.1) is 0 Å². The number of hydrogen-bond donors (Lipinski definition) is 0. The SMILES string of the molecule is c1ccc(-c2nc(-c3ccccc3)nc(-c3cccc4oc5ccc(-c6ccc7nc(-c8cccc(-c9ccccc9-c9ccccc9)c8)oc7c6)cc5c34)n2)cc1. The first-order valence-electron chi connectivity index (χ1n) is 19.2. The van der Waals surface area contributed by atoms with E-state index in [1.54, 1.807) is 0 Å². The quantitative estimate of drug-likeness (QED) is 0.162. The molecule has 0 aliphatic heterocycles. The maximum absolute atomic E-state index is 6.48. The van der Waals surface area contributed by atoms with Crippen molar-refractivity contribution >= 4 is 33.0 Å². The molecule has 6 heteroatoms. The second-order valence-corrected chi connectivity index (χ2v) is 14.2. The van der Waals surface area contributed by atoms with Crippen molar-refractivity contribution in [2.75, 3.05) is 0 Å². The topological polar surface area (TPSA) is 77.8 Å². The Hall–Kier alpha value is -7.96. The average molecular weight is 745 g/mol. The van der Waals surface area contributed by atoms with Crippen LogP contribution in [0.15, 0.2) is 203 Å². The predicted octanol–water partition coefficient (Wildman–Crippen LogP) is 13.6. The molecule has 0 N–H and O–H groups in total. The molecule has 6 nitrogen and oxygen atoms in total. The normalized spacial score (nSPS) is 11.4.